The van der Waals surface area contributed by atoms with Gasteiger partial charge >= 0.3 is 0 Å². The Labute approximate surface area is 159 Å². The fraction of sp³-hybridized carbons (Fsp3) is 0.300. The number of benzene rings is 3. The molecule has 3 nitrogen and oxygen atoms in total. The summed E-state index contributed by atoms with van der Waals surface area (Å²) in [4.78, 5) is 0. The Balaban J connectivity index is 0.00000225. The second kappa shape index (κ2) is 9.95. The zero-order chi connectivity index (χ0) is 16.8. The van der Waals surface area contributed by atoms with Gasteiger partial charge in [0, 0.05) is 19.0 Å². The van der Waals surface area contributed by atoms with Crippen molar-refractivity contribution in [3.63, 3.8) is 0 Å². The van der Waals surface area contributed by atoms with E-state index in [1.807, 2.05) is 0 Å². The highest BCUT2D eigenvalue weighted by Gasteiger charge is 2.12. The Morgan fingerprint density at radius 2 is 1.36 bits per heavy atom. The number of nitrogens with one attached hydrogen (secondary N) is 1. The van der Waals surface area contributed by atoms with Gasteiger partial charge in [0.2, 0.25) is 0 Å². The van der Waals surface area contributed by atoms with Crippen LogP contribution >= 0.6 is 24.0 Å². The van der Waals surface area contributed by atoms with Crippen molar-refractivity contribution < 1.29 is 9.84 Å². The first kappa shape index (κ1) is 20.0. The molecule has 3 aromatic carbocycles. The van der Waals surface area contributed by atoms with Gasteiger partial charge in [-0.1, -0.05) is 48.5 Å². The second-order valence-electron chi connectivity index (χ2n) is 5.69. The van der Waals surface area contributed by atoms with Gasteiger partial charge in [0.15, 0.2) is 0 Å². The third-order valence-corrected chi connectivity index (χ3v) is 4.52. The van der Waals surface area contributed by atoms with Gasteiger partial charge in [-0.05, 0) is 32.7 Å². The van der Waals surface area contributed by atoms with Crippen LogP contribution in [0.3, 0.4) is 0 Å². The van der Waals surface area contributed by atoms with Crippen LogP contribution in [0.15, 0.2) is 48.5 Å². The van der Waals surface area contributed by atoms with Crippen LogP contribution < -0.4 is 5.32 Å². The number of ether oxygens (including phenoxy) is 1. The summed E-state index contributed by atoms with van der Waals surface area (Å²) in [7, 11) is 0. The van der Waals surface area contributed by atoms with Gasteiger partial charge in [-0.3, -0.25) is 0 Å². The molecule has 5 heteroatoms. The van der Waals surface area contributed by atoms with E-state index in [0.717, 1.165) is 13.1 Å². The van der Waals surface area contributed by atoms with Crippen LogP contribution in [0, 0.1) is 0 Å². The molecule has 0 heterocycles. The van der Waals surface area contributed by atoms with Crippen LogP contribution in [-0.4, -0.2) is 31.5 Å². The maximum Gasteiger partial charge on any atom is 0.0698 e. The van der Waals surface area contributed by atoms with Crippen molar-refractivity contribution in [2.75, 3.05) is 26.4 Å². The lowest BCUT2D eigenvalue weighted by molar-refractivity contribution is 0.0938. The molecule has 0 radical (unpaired) electrons. The molecule has 0 aliphatic heterocycles. The minimum atomic E-state index is 0. The second-order valence-corrected chi connectivity index (χ2v) is 5.96. The number of alkyl halides is 1. The fourth-order valence-corrected chi connectivity index (χ4v) is 3.46. The topological polar surface area (TPSA) is 41.5 Å². The molecule has 134 valence electrons. The monoisotopic (exact) mass is 379 g/mol. The molecule has 0 atom stereocenters. The number of hydrogen-bond acceptors (Lipinski definition) is 3. The van der Waals surface area contributed by atoms with Gasteiger partial charge in [-0.15, -0.1) is 24.0 Å². The van der Waals surface area contributed by atoms with Crippen molar-refractivity contribution in [3.8, 4) is 0 Å². The van der Waals surface area contributed by atoms with Crippen molar-refractivity contribution in [2.24, 2.45) is 0 Å². The van der Waals surface area contributed by atoms with Gasteiger partial charge in [0.25, 0.3) is 0 Å². The lowest BCUT2D eigenvalue weighted by Crippen LogP contribution is -2.20. The van der Waals surface area contributed by atoms with E-state index < -0.39 is 0 Å². The molecule has 0 spiro atoms. The number of rotatable bonds is 8. The van der Waals surface area contributed by atoms with E-state index in [0.29, 0.717) is 19.1 Å². The third kappa shape index (κ3) is 4.43. The summed E-state index contributed by atoms with van der Waals surface area (Å²) in [5.74, 6) is 0.504. The average molecular weight is 380 g/mol. The molecule has 0 saturated heterocycles. The van der Waals surface area contributed by atoms with E-state index in [2.05, 4.69) is 53.8 Å². The first-order valence-electron chi connectivity index (χ1n) is 8.23. The van der Waals surface area contributed by atoms with E-state index in [1.165, 1.54) is 32.7 Å². The molecule has 0 amide bonds. The Morgan fingerprint density at radius 1 is 0.840 bits per heavy atom. The zero-order valence-electron chi connectivity index (χ0n) is 14.0. The highest BCUT2D eigenvalue weighted by molar-refractivity contribution is 6.20. The predicted molar refractivity (Wildman–Crippen MR) is 108 cm³/mol. The molecule has 3 rings (SSSR count). The van der Waals surface area contributed by atoms with E-state index in [9.17, 15) is 0 Å². The van der Waals surface area contributed by atoms with E-state index in [-0.39, 0.29) is 19.0 Å². The van der Waals surface area contributed by atoms with Crippen LogP contribution in [0.25, 0.3) is 21.5 Å². The summed E-state index contributed by atoms with van der Waals surface area (Å²) in [6, 6.07) is 16.9. The summed E-state index contributed by atoms with van der Waals surface area (Å²) in [5, 5.41) is 17.1. The molecule has 0 bridgehead atoms. The number of halogens is 2. The molecule has 3 aromatic rings. The fourth-order valence-electron chi connectivity index (χ4n) is 3.17. The normalized spacial score (nSPS) is 11.0. The number of aliphatic hydroxyl groups is 1. The molecular formula is C20H23Cl2NO2. The average Bonchev–Trinajstić information content (AvgIpc) is 2.63. The van der Waals surface area contributed by atoms with E-state index in [4.69, 9.17) is 21.4 Å². The Kier molecular flexibility index (Phi) is 7.94. The molecular weight excluding hydrogens is 357 g/mol. The Bertz CT molecular complexity index is 766. The van der Waals surface area contributed by atoms with Crippen LogP contribution in [0.2, 0.25) is 0 Å². The van der Waals surface area contributed by atoms with Crippen molar-refractivity contribution in [2.45, 2.75) is 12.4 Å². The van der Waals surface area contributed by atoms with Gasteiger partial charge in [-0.2, -0.15) is 0 Å². The molecule has 0 saturated carbocycles. The van der Waals surface area contributed by atoms with Crippen LogP contribution in [-0.2, 0) is 17.2 Å². The number of hydrogen-bond donors (Lipinski definition) is 2. The quantitative estimate of drug-likeness (QED) is 0.349. The van der Waals surface area contributed by atoms with Crippen LogP contribution in [0.5, 0.6) is 0 Å². The third-order valence-electron chi connectivity index (χ3n) is 4.25. The standard InChI is InChI=1S/C20H22ClNO2.ClH/c21-13-19-15-5-1-3-7-17(15)20(14-22-9-11-24-12-10-23)18-8-4-2-6-16(18)19;/h1-8,22-23H,9-14H2;1H. The van der Waals surface area contributed by atoms with Crippen molar-refractivity contribution in [1.29, 1.82) is 0 Å². The van der Waals surface area contributed by atoms with Gasteiger partial charge in [0.05, 0.1) is 19.8 Å². The molecule has 0 aliphatic carbocycles. The van der Waals surface area contributed by atoms with Gasteiger partial charge < -0.3 is 15.2 Å². The molecule has 0 aromatic heterocycles. The largest absolute Gasteiger partial charge is 0.394 e. The Hall–Kier alpha value is -1.36. The minimum Gasteiger partial charge on any atom is -0.394 e. The maximum atomic E-state index is 8.73. The molecule has 25 heavy (non-hydrogen) atoms. The molecule has 0 fully saturated rings. The zero-order valence-corrected chi connectivity index (χ0v) is 15.6. The maximum absolute atomic E-state index is 8.73. The van der Waals surface area contributed by atoms with Crippen molar-refractivity contribution in [1.82, 2.24) is 5.32 Å². The Morgan fingerprint density at radius 3 is 1.84 bits per heavy atom. The van der Waals surface area contributed by atoms with E-state index >= 15 is 0 Å². The lowest BCUT2D eigenvalue weighted by atomic mass is 9.92. The SMILES string of the molecule is Cl.OCCOCCNCc1c2ccccc2c(CCl)c2ccccc12. The van der Waals surface area contributed by atoms with Crippen LogP contribution in [0.1, 0.15) is 11.1 Å². The summed E-state index contributed by atoms with van der Waals surface area (Å²) in [5.41, 5.74) is 2.48. The summed E-state index contributed by atoms with van der Waals surface area (Å²) in [6.07, 6.45) is 0. The predicted octanol–water partition coefficient (Wildman–Crippen LogP) is 4.25. The lowest BCUT2D eigenvalue weighted by Gasteiger charge is -2.16. The van der Waals surface area contributed by atoms with Gasteiger partial charge in [0.1, 0.15) is 0 Å². The van der Waals surface area contributed by atoms with Crippen molar-refractivity contribution in [3.05, 3.63) is 59.7 Å². The molecule has 0 unspecified atom stereocenters. The molecule has 2 N–H and O–H groups in total. The van der Waals surface area contributed by atoms with Crippen molar-refractivity contribution >= 4 is 45.6 Å². The smallest absolute Gasteiger partial charge is 0.0698 e. The first-order chi connectivity index (χ1) is 11.9. The number of aliphatic hydroxyl groups excluding tert-OH is 1. The molecule has 0 aliphatic rings. The van der Waals surface area contributed by atoms with Gasteiger partial charge in [-0.25, -0.2) is 0 Å². The summed E-state index contributed by atoms with van der Waals surface area (Å²) < 4.78 is 5.30. The highest BCUT2D eigenvalue weighted by Crippen LogP contribution is 2.33. The van der Waals surface area contributed by atoms with E-state index in [1.54, 1.807) is 0 Å². The number of fused-ring (bicyclic) bond motifs is 2. The summed E-state index contributed by atoms with van der Waals surface area (Å²) >= 11 is 6.26. The van der Waals surface area contributed by atoms with Crippen LogP contribution in [0.4, 0.5) is 0 Å². The summed E-state index contributed by atoms with van der Waals surface area (Å²) in [6.45, 7) is 2.56. The first-order valence-corrected chi connectivity index (χ1v) is 8.76. The highest BCUT2D eigenvalue weighted by atomic mass is 35.5. The minimum absolute atomic E-state index is 0.